The Morgan fingerprint density at radius 3 is 3.00 bits per heavy atom. The van der Waals surface area contributed by atoms with Crippen molar-refractivity contribution < 1.29 is 9.53 Å². The van der Waals surface area contributed by atoms with Gasteiger partial charge in [0.05, 0.1) is 11.1 Å². The van der Waals surface area contributed by atoms with E-state index in [0.29, 0.717) is 10.9 Å². The second-order valence-electron chi connectivity index (χ2n) is 4.07. The van der Waals surface area contributed by atoms with E-state index in [0.717, 1.165) is 5.56 Å². The average molecular weight is 407 g/mol. The van der Waals surface area contributed by atoms with Crippen LogP contribution in [0.25, 0.3) is 0 Å². The summed E-state index contributed by atoms with van der Waals surface area (Å²) in [5.74, 6) is 0.187. The lowest BCUT2D eigenvalue weighted by Gasteiger charge is -2.05. The molecule has 1 aromatic heterocycles. The van der Waals surface area contributed by atoms with E-state index in [-0.39, 0.29) is 6.10 Å². The monoisotopic (exact) mass is 406 g/mol. The summed E-state index contributed by atoms with van der Waals surface area (Å²) in [6, 6.07) is 1.75. The van der Waals surface area contributed by atoms with Gasteiger partial charge < -0.3 is 4.74 Å². The van der Waals surface area contributed by atoms with Crippen molar-refractivity contribution in [3.8, 4) is 0 Å². The Morgan fingerprint density at radius 2 is 2.30 bits per heavy atom. The van der Waals surface area contributed by atoms with E-state index in [1.165, 1.54) is 6.08 Å². The van der Waals surface area contributed by atoms with Crippen LogP contribution >= 0.6 is 32.9 Å². The van der Waals surface area contributed by atoms with Gasteiger partial charge in [-0.15, -0.1) is 5.10 Å². The fourth-order valence-corrected chi connectivity index (χ4v) is 2.87. The number of hydrogen-bond acceptors (Lipinski definition) is 6. The molecule has 0 aromatic carbocycles. The molecule has 20 heavy (non-hydrogen) atoms. The van der Waals surface area contributed by atoms with Crippen molar-refractivity contribution in [2.45, 2.75) is 20.0 Å². The molecule has 2 rings (SSSR count). The molecule has 0 atom stereocenters. The van der Waals surface area contributed by atoms with Crippen LogP contribution in [-0.2, 0) is 9.53 Å². The quantitative estimate of drug-likeness (QED) is 0.333. The van der Waals surface area contributed by atoms with Gasteiger partial charge in [-0.05, 0) is 19.9 Å². The van der Waals surface area contributed by atoms with Crippen LogP contribution in [0.1, 0.15) is 19.4 Å². The highest BCUT2D eigenvalue weighted by Crippen LogP contribution is 2.23. The van der Waals surface area contributed by atoms with Gasteiger partial charge in [0.15, 0.2) is 5.84 Å². The molecule has 6 nitrogen and oxygen atoms in total. The minimum absolute atomic E-state index is 0.137. The SMILES string of the molecule is CC(C)OC(=O)/C=C\N1N=C(c2cncc(Cl)c2)N=I1. The molecule has 1 aromatic rings. The number of nitrogens with zero attached hydrogens (tertiary/aromatic N) is 4. The number of hydrogen-bond donors (Lipinski definition) is 0. The number of ether oxygens (including phenoxy) is 1. The summed E-state index contributed by atoms with van der Waals surface area (Å²) in [7, 11) is 0. The Balaban J connectivity index is 2.03. The minimum atomic E-state index is -0.663. The summed E-state index contributed by atoms with van der Waals surface area (Å²) in [5, 5.41) is 4.82. The van der Waals surface area contributed by atoms with E-state index in [1.54, 1.807) is 41.7 Å². The van der Waals surface area contributed by atoms with Crippen molar-refractivity contribution in [1.82, 2.24) is 8.21 Å². The zero-order valence-corrected chi connectivity index (χ0v) is 13.7. The molecule has 2 heterocycles. The molecule has 0 spiro atoms. The molecule has 1 aliphatic heterocycles. The van der Waals surface area contributed by atoms with Gasteiger partial charge in [-0.1, -0.05) is 11.6 Å². The second kappa shape index (κ2) is 6.89. The van der Waals surface area contributed by atoms with E-state index in [1.807, 2.05) is 0 Å². The van der Waals surface area contributed by atoms with Gasteiger partial charge in [-0.25, -0.2) is 4.79 Å². The molecule has 0 saturated carbocycles. The van der Waals surface area contributed by atoms with Crippen LogP contribution < -0.4 is 0 Å². The lowest BCUT2D eigenvalue weighted by Crippen LogP contribution is -2.09. The first-order valence-corrected chi connectivity index (χ1v) is 8.08. The molecule has 0 aliphatic carbocycles. The van der Waals surface area contributed by atoms with Gasteiger partial charge in [0.1, 0.15) is 21.3 Å². The molecule has 0 radical (unpaired) electrons. The van der Waals surface area contributed by atoms with Crippen LogP contribution in [0.2, 0.25) is 5.02 Å². The Hall–Kier alpha value is -1.35. The topological polar surface area (TPSA) is 67.2 Å². The van der Waals surface area contributed by atoms with Gasteiger partial charge in [0.2, 0.25) is 0 Å². The van der Waals surface area contributed by atoms with Gasteiger partial charge in [-0.3, -0.25) is 4.98 Å². The largest absolute Gasteiger partial charge is 0.460 e. The predicted octanol–water partition coefficient (Wildman–Crippen LogP) is 3.25. The fourth-order valence-electron chi connectivity index (χ4n) is 1.29. The third kappa shape index (κ3) is 4.34. The third-order valence-corrected chi connectivity index (χ3v) is 3.89. The summed E-state index contributed by atoms with van der Waals surface area (Å²) >= 11 is 5.21. The molecule has 1 aliphatic rings. The van der Waals surface area contributed by atoms with Gasteiger partial charge in [0.25, 0.3) is 0 Å². The average Bonchev–Trinajstić information content (AvgIpc) is 2.84. The van der Waals surface area contributed by atoms with E-state index in [2.05, 4.69) is 13.2 Å². The maximum atomic E-state index is 11.4. The first kappa shape index (κ1) is 15.0. The van der Waals surface area contributed by atoms with Crippen LogP contribution in [0.4, 0.5) is 0 Å². The highest BCUT2D eigenvalue weighted by Gasteiger charge is 2.12. The first-order chi connectivity index (χ1) is 9.54. The Morgan fingerprint density at radius 1 is 1.50 bits per heavy atom. The zero-order chi connectivity index (χ0) is 14.5. The molecule has 0 saturated heterocycles. The summed E-state index contributed by atoms with van der Waals surface area (Å²) in [6.45, 7) is 3.60. The lowest BCUT2D eigenvalue weighted by atomic mass is 10.3. The molecule has 0 bridgehead atoms. The number of hydrazone groups is 1. The maximum Gasteiger partial charge on any atom is 0.332 e. The Labute approximate surface area is 132 Å². The minimum Gasteiger partial charge on any atom is -0.460 e. The van der Waals surface area contributed by atoms with E-state index < -0.39 is 27.3 Å². The summed E-state index contributed by atoms with van der Waals surface area (Å²) < 4.78 is 11.0. The molecule has 0 amide bonds. The predicted molar refractivity (Wildman–Crippen MR) is 84.4 cm³/mol. The number of carbonyl (C=O) groups is 1. The normalized spacial score (nSPS) is 14.6. The molecule has 106 valence electrons. The van der Waals surface area contributed by atoms with E-state index >= 15 is 0 Å². The molecule has 0 N–H and O–H groups in total. The van der Waals surface area contributed by atoms with Crippen LogP contribution in [-0.4, -0.2) is 26.1 Å². The van der Waals surface area contributed by atoms with Crippen molar-refractivity contribution in [2.24, 2.45) is 8.25 Å². The summed E-state index contributed by atoms with van der Waals surface area (Å²) in [5.41, 5.74) is 0.762. The third-order valence-electron chi connectivity index (χ3n) is 2.03. The highest BCUT2D eigenvalue weighted by atomic mass is 127. The van der Waals surface area contributed by atoms with Crippen molar-refractivity contribution in [2.75, 3.05) is 0 Å². The standard InChI is InChI=1S/C12H12ClIN4O2/c1-8(2)20-11(19)3-4-18-14-16-12(17-18)9-5-10(13)7-15-6-9/h3-8H,1-2H3/b4-3-. The number of esters is 1. The van der Waals surface area contributed by atoms with E-state index in [9.17, 15) is 4.79 Å². The van der Waals surface area contributed by atoms with Crippen LogP contribution in [0, 0.1) is 0 Å². The second-order valence-corrected chi connectivity index (χ2v) is 6.40. The van der Waals surface area contributed by atoms with Crippen molar-refractivity contribution in [3.63, 3.8) is 0 Å². The Bertz CT molecular complexity index is 601. The van der Waals surface area contributed by atoms with Gasteiger partial charge in [0, 0.05) is 30.2 Å². The maximum absolute atomic E-state index is 11.4. The molecule has 8 heteroatoms. The van der Waals surface area contributed by atoms with Crippen LogP contribution in [0.5, 0.6) is 0 Å². The van der Waals surface area contributed by atoms with Gasteiger partial charge in [-0.2, -0.15) is 6.37 Å². The molecule has 0 fully saturated rings. The van der Waals surface area contributed by atoms with Crippen LogP contribution in [0.3, 0.4) is 0 Å². The van der Waals surface area contributed by atoms with Gasteiger partial charge >= 0.3 is 5.97 Å². The van der Waals surface area contributed by atoms with Crippen molar-refractivity contribution in [1.29, 1.82) is 0 Å². The fraction of sp³-hybridized carbons (Fsp3) is 0.250. The summed E-state index contributed by atoms with van der Waals surface area (Å²) in [4.78, 5) is 15.4. The summed E-state index contributed by atoms with van der Waals surface area (Å²) in [6.07, 6.45) is 5.99. The number of rotatable bonds is 4. The smallest absolute Gasteiger partial charge is 0.332 e. The Kier molecular flexibility index (Phi) is 5.18. The molecular weight excluding hydrogens is 395 g/mol. The lowest BCUT2D eigenvalue weighted by molar-refractivity contribution is -0.141. The molecule has 0 unspecified atom stereocenters. The van der Waals surface area contributed by atoms with Crippen LogP contribution in [0.15, 0.2) is 39.0 Å². The number of aromatic nitrogens is 1. The van der Waals surface area contributed by atoms with Crippen molar-refractivity contribution in [3.05, 3.63) is 41.3 Å². The highest BCUT2D eigenvalue weighted by molar-refractivity contribution is 14.1. The first-order valence-electron chi connectivity index (χ1n) is 5.77. The number of amidine groups is 1. The van der Waals surface area contributed by atoms with Crippen molar-refractivity contribution >= 4 is 44.7 Å². The van der Waals surface area contributed by atoms with E-state index in [4.69, 9.17) is 16.3 Å². The zero-order valence-electron chi connectivity index (χ0n) is 10.8. The number of pyridine rings is 1. The number of carbonyl (C=O) groups excluding carboxylic acids is 1. The molecular formula is C12H12ClIN4O2. The number of halogens is 2.